The lowest BCUT2D eigenvalue weighted by Gasteiger charge is -2.20. The molecule has 0 saturated heterocycles. The average molecular weight is 394 g/mol. The molecule has 0 radical (unpaired) electrons. The summed E-state index contributed by atoms with van der Waals surface area (Å²) < 4.78 is 8.51. The summed E-state index contributed by atoms with van der Waals surface area (Å²) in [5, 5.41) is 1.04. The highest BCUT2D eigenvalue weighted by Gasteiger charge is 2.18. The summed E-state index contributed by atoms with van der Waals surface area (Å²) in [5.41, 5.74) is 11.0. The summed E-state index contributed by atoms with van der Waals surface area (Å²) in [5.74, 6) is 0.448. The molecule has 0 saturated carbocycles. The van der Waals surface area contributed by atoms with Gasteiger partial charge in [-0.25, -0.2) is 9.97 Å². The molecule has 0 spiro atoms. The average Bonchev–Trinajstić information content (AvgIpc) is 3.23. The number of nitrogen functional groups attached to an aromatic ring is 1. The molecule has 0 amide bonds. The third-order valence-corrected chi connectivity index (χ3v) is 5.31. The first kappa shape index (κ1) is 18.3. The first-order valence-corrected chi connectivity index (χ1v) is 9.99. The Morgan fingerprint density at radius 2 is 1.57 bits per heavy atom. The van der Waals surface area contributed by atoms with Crippen LogP contribution in [0.3, 0.4) is 0 Å². The van der Waals surface area contributed by atoms with Crippen LogP contribution in [0, 0.1) is 0 Å². The van der Waals surface area contributed by atoms with Crippen molar-refractivity contribution in [3.8, 4) is 0 Å². The molecule has 0 aliphatic heterocycles. The van der Waals surface area contributed by atoms with E-state index in [0.717, 1.165) is 33.1 Å². The smallest absolute Gasteiger partial charge is 0.152 e. The van der Waals surface area contributed by atoms with Crippen LogP contribution in [0.2, 0.25) is 0 Å². The summed E-state index contributed by atoms with van der Waals surface area (Å²) in [6.45, 7) is 1.16. The van der Waals surface area contributed by atoms with Crippen LogP contribution >= 0.6 is 0 Å². The third kappa shape index (κ3) is 3.51. The number of aromatic nitrogens is 3. The van der Waals surface area contributed by atoms with Gasteiger partial charge in [0.15, 0.2) is 5.82 Å². The molecule has 30 heavy (non-hydrogen) atoms. The largest absolute Gasteiger partial charge is 0.382 e. The van der Waals surface area contributed by atoms with Crippen LogP contribution < -0.4 is 5.73 Å². The number of anilines is 1. The van der Waals surface area contributed by atoms with Gasteiger partial charge in [0.1, 0.15) is 11.6 Å². The molecule has 5 heteroatoms. The highest BCUT2D eigenvalue weighted by atomic mass is 16.5. The molecule has 2 aromatic heterocycles. The van der Waals surface area contributed by atoms with E-state index < -0.39 is 0 Å². The van der Waals surface area contributed by atoms with Crippen LogP contribution in [0.1, 0.15) is 17.2 Å². The summed E-state index contributed by atoms with van der Waals surface area (Å²) in [7, 11) is 0. The SMILES string of the molecule is Nc1nc2ccccc2c2c1ncn2CC(OCc1ccccc1)c1ccccc1. The summed E-state index contributed by atoms with van der Waals surface area (Å²) >= 11 is 0. The second kappa shape index (κ2) is 7.97. The van der Waals surface area contributed by atoms with E-state index in [1.807, 2.05) is 60.9 Å². The van der Waals surface area contributed by atoms with Gasteiger partial charge in [-0.3, -0.25) is 0 Å². The lowest BCUT2D eigenvalue weighted by atomic mass is 10.1. The number of nitrogens with zero attached hydrogens (tertiary/aromatic N) is 3. The lowest BCUT2D eigenvalue weighted by molar-refractivity contribution is 0.0287. The van der Waals surface area contributed by atoms with Crippen LogP contribution in [0.5, 0.6) is 0 Å². The van der Waals surface area contributed by atoms with Crippen molar-refractivity contribution in [3.05, 3.63) is 102 Å². The fourth-order valence-electron chi connectivity index (χ4n) is 3.82. The van der Waals surface area contributed by atoms with Crippen molar-refractivity contribution in [1.29, 1.82) is 0 Å². The monoisotopic (exact) mass is 394 g/mol. The first-order valence-electron chi connectivity index (χ1n) is 9.99. The number of para-hydroxylation sites is 1. The van der Waals surface area contributed by atoms with Crippen molar-refractivity contribution in [2.24, 2.45) is 0 Å². The number of benzene rings is 3. The number of rotatable bonds is 6. The van der Waals surface area contributed by atoms with Crippen LogP contribution in [0.25, 0.3) is 21.9 Å². The maximum Gasteiger partial charge on any atom is 0.152 e. The number of nitrogens with two attached hydrogens (primary N) is 1. The Kier molecular flexibility index (Phi) is 4.87. The molecule has 2 N–H and O–H groups in total. The fraction of sp³-hybridized carbons (Fsp3) is 0.120. The highest BCUT2D eigenvalue weighted by molar-refractivity contribution is 6.06. The summed E-state index contributed by atoms with van der Waals surface area (Å²) in [6, 6.07) is 28.5. The van der Waals surface area contributed by atoms with Crippen molar-refractivity contribution in [3.63, 3.8) is 0 Å². The van der Waals surface area contributed by atoms with E-state index in [1.54, 1.807) is 0 Å². The van der Waals surface area contributed by atoms with Gasteiger partial charge in [0.25, 0.3) is 0 Å². The molecule has 5 aromatic rings. The first-order chi connectivity index (χ1) is 14.8. The highest BCUT2D eigenvalue weighted by Crippen LogP contribution is 2.29. The Morgan fingerprint density at radius 3 is 2.37 bits per heavy atom. The number of hydrogen-bond acceptors (Lipinski definition) is 4. The quantitative estimate of drug-likeness (QED) is 0.434. The molecular formula is C25H22N4O. The van der Waals surface area contributed by atoms with Gasteiger partial charge < -0.3 is 15.0 Å². The van der Waals surface area contributed by atoms with Crippen molar-refractivity contribution in [1.82, 2.24) is 14.5 Å². The van der Waals surface area contributed by atoms with Crippen LogP contribution in [0.15, 0.2) is 91.3 Å². The van der Waals surface area contributed by atoms with Gasteiger partial charge >= 0.3 is 0 Å². The second-order valence-electron chi connectivity index (χ2n) is 7.30. The number of pyridine rings is 1. The van der Waals surface area contributed by atoms with Gasteiger partial charge in [-0.15, -0.1) is 0 Å². The maximum atomic E-state index is 6.38. The number of fused-ring (bicyclic) bond motifs is 3. The van der Waals surface area contributed by atoms with E-state index >= 15 is 0 Å². The predicted octanol–water partition coefficient (Wildman–Crippen LogP) is 5.12. The zero-order valence-corrected chi connectivity index (χ0v) is 16.5. The standard InChI is InChI=1S/C25H22N4O/c26-25-23-24(20-13-7-8-14-21(20)28-25)29(17-27-23)15-22(19-11-5-2-6-12-19)30-16-18-9-3-1-4-10-18/h1-14,17,22H,15-16H2,(H2,26,28). The van der Waals surface area contributed by atoms with Gasteiger partial charge in [-0.2, -0.15) is 0 Å². The molecule has 5 rings (SSSR count). The molecule has 3 aromatic carbocycles. The molecule has 148 valence electrons. The molecule has 1 unspecified atom stereocenters. The minimum Gasteiger partial charge on any atom is -0.382 e. The number of hydrogen-bond donors (Lipinski definition) is 1. The zero-order valence-electron chi connectivity index (χ0n) is 16.5. The van der Waals surface area contributed by atoms with Crippen molar-refractivity contribution in [2.45, 2.75) is 19.3 Å². The normalized spacial score (nSPS) is 12.4. The Bertz CT molecular complexity index is 1280. The lowest BCUT2D eigenvalue weighted by Crippen LogP contribution is -2.12. The number of ether oxygens (including phenoxy) is 1. The topological polar surface area (TPSA) is 66.0 Å². The molecule has 0 aliphatic carbocycles. The van der Waals surface area contributed by atoms with E-state index in [2.05, 4.69) is 44.9 Å². The Hall–Kier alpha value is -3.70. The molecule has 1 atom stereocenters. The van der Waals surface area contributed by atoms with Crippen molar-refractivity contribution < 1.29 is 4.74 Å². The minimum atomic E-state index is -0.128. The molecule has 0 aliphatic rings. The van der Waals surface area contributed by atoms with Gasteiger partial charge in [-0.05, 0) is 17.2 Å². The Labute approximate surface area is 174 Å². The van der Waals surface area contributed by atoms with E-state index in [-0.39, 0.29) is 6.10 Å². The summed E-state index contributed by atoms with van der Waals surface area (Å²) in [4.78, 5) is 9.05. The van der Waals surface area contributed by atoms with Crippen LogP contribution in [-0.2, 0) is 17.9 Å². The molecule has 5 nitrogen and oxygen atoms in total. The van der Waals surface area contributed by atoms with E-state index in [0.29, 0.717) is 19.0 Å². The van der Waals surface area contributed by atoms with Crippen molar-refractivity contribution >= 4 is 27.8 Å². The second-order valence-corrected chi connectivity index (χ2v) is 7.30. The van der Waals surface area contributed by atoms with Gasteiger partial charge in [0, 0.05) is 5.39 Å². The molecule has 0 fully saturated rings. The van der Waals surface area contributed by atoms with E-state index in [4.69, 9.17) is 10.5 Å². The van der Waals surface area contributed by atoms with Crippen molar-refractivity contribution in [2.75, 3.05) is 5.73 Å². The Morgan fingerprint density at radius 1 is 0.867 bits per heavy atom. The van der Waals surface area contributed by atoms with Crippen LogP contribution in [0.4, 0.5) is 5.82 Å². The molecular weight excluding hydrogens is 372 g/mol. The van der Waals surface area contributed by atoms with Gasteiger partial charge in [0.2, 0.25) is 0 Å². The predicted molar refractivity (Wildman–Crippen MR) is 120 cm³/mol. The fourth-order valence-corrected chi connectivity index (χ4v) is 3.82. The summed E-state index contributed by atoms with van der Waals surface area (Å²) in [6.07, 6.45) is 1.70. The zero-order chi connectivity index (χ0) is 20.3. The maximum absolute atomic E-state index is 6.38. The van der Waals surface area contributed by atoms with Gasteiger partial charge in [-0.1, -0.05) is 78.9 Å². The molecule has 2 heterocycles. The third-order valence-electron chi connectivity index (χ3n) is 5.31. The van der Waals surface area contributed by atoms with Crippen LogP contribution in [-0.4, -0.2) is 14.5 Å². The Balaban J connectivity index is 1.54. The molecule has 0 bridgehead atoms. The minimum absolute atomic E-state index is 0.128. The van der Waals surface area contributed by atoms with E-state index in [1.165, 1.54) is 0 Å². The van der Waals surface area contributed by atoms with E-state index in [9.17, 15) is 0 Å². The van der Waals surface area contributed by atoms with Gasteiger partial charge in [0.05, 0.1) is 30.5 Å². The number of imidazole rings is 1.